The van der Waals surface area contributed by atoms with Crippen molar-refractivity contribution in [3.8, 4) is 0 Å². The highest BCUT2D eigenvalue weighted by Gasteiger charge is 2.35. The highest BCUT2D eigenvalue weighted by molar-refractivity contribution is 5.99. The molecular weight excluding hydrogens is 257 g/mol. The van der Waals surface area contributed by atoms with E-state index in [0.29, 0.717) is 11.5 Å². The predicted octanol–water partition coefficient (Wildman–Crippen LogP) is 1.69. The van der Waals surface area contributed by atoms with E-state index < -0.39 is 5.82 Å². The van der Waals surface area contributed by atoms with E-state index in [1.807, 2.05) is 0 Å². The number of carbonyl (C=O) groups is 1. The van der Waals surface area contributed by atoms with Gasteiger partial charge in [-0.15, -0.1) is 0 Å². The molecule has 20 heavy (non-hydrogen) atoms. The summed E-state index contributed by atoms with van der Waals surface area (Å²) in [6.45, 7) is 3.19. The number of halogens is 1. The quantitative estimate of drug-likeness (QED) is 0.883. The lowest BCUT2D eigenvalue weighted by atomic mass is 9.84. The zero-order valence-corrected chi connectivity index (χ0v) is 11.7. The summed E-state index contributed by atoms with van der Waals surface area (Å²) in [7, 11) is 1.63. The van der Waals surface area contributed by atoms with Crippen molar-refractivity contribution in [3.63, 3.8) is 0 Å². The lowest BCUT2D eigenvalue weighted by molar-refractivity contribution is 0.0620. The molecule has 1 amide bonds. The van der Waals surface area contributed by atoms with Gasteiger partial charge in [-0.1, -0.05) is 6.07 Å². The highest BCUT2D eigenvalue weighted by atomic mass is 19.1. The molecule has 1 unspecified atom stereocenters. The van der Waals surface area contributed by atoms with Gasteiger partial charge in [-0.2, -0.15) is 0 Å². The number of para-hydroxylation sites is 1. The largest absolute Gasteiger partial charge is 0.385 e. The zero-order chi connectivity index (χ0) is 14.1. The van der Waals surface area contributed by atoms with E-state index >= 15 is 0 Å². The van der Waals surface area contributed by atoms with Crippen LogP contribution in [-0.2, 0) is 0 Å². The Kier molecular flexibility index (Phi) is 3.61. The molecule has 0 saturated carbocycles. The molecule has 3 heterocycles. The Balaban J connectivity index is 1.75. The van der Waals surface area contributed by atoms with Crippen LogP contribution in [0, 0.1) is 11.7 Å². The SMILES string of the molecule is CNc1c(F)cccc1C(=O)NC1CN2CCC1CC2. The number of carbonyl (C=O) groups excluding carboxylic acids is 1. The molecule has 0 aromatic heterocycles. The Labute approximate surface area is 118 Å². The van der Waals surface area contributed by atoms with Gasteiger partial charge in [0.15, 0.2) is 0 Å². The molecule has 1 aromatic carbocycles. The van der Waals surface area contributed by atoms with Gasteiger partial charge in [0.2, 0.25) is 0 Å². The Hall–Kier alpha value is -1.62. The number of hydrogen-bond donors (Lipinski definition) is 2. The van der Waals surface area contributed by atoms with Crippen molar-refractivity contribution < 1.29 is 9.18 Å². The summed E-state index contributed by atoms with van der Waals surface area (Å²) in [5.41, 5.74) is 0.648. The monoisotopic (exact) mass is 277 g/mol. The van der Waals surface area contributed by atoms with Gasteiger partial charge in [0, 0.05) is 19.6 Å². The van der Waals surface area contributed by atoms with E-state index in [0.717, 1.165) is 32.5 Å². The number of nitrogens with one attached hydrogen (secondary N) is 2. The summed E-state index contributed by atoms with van der Waals surface area (Å²) in [5.74, 6) is -0.0165. The number of anilines is 1. The van der Waals surface area contributed by atoms with Crippen molar-refractivity contribution in [1.29, 1.82) is 0 Å². The van der Waals surface area contributed by atoms with Gasteiger partial charge < -0.3 is 15.5 Å². The number of piperidine rings is 3. The van der Waals surface area contributed by atoms with Crippen LogP contribution >= 0.6 is 0 Å². The van der Waals surface area contributed by atoms with E-state index in [-0.39, 0.29) is 17.6 Å². The van der Waals surface area contributed by atoms with Crippen LogP contribution in [0.5, 0.6) is 0 Å². The number of nitrogens with zero attached hydrogens (tertiary/aromatic N) is 1. The summed E-state index contributed by atoms with van der Waals surface area (Å²) < 4.78 is 13.7. The van der Waals surface area contributed by atoms with Crippen LogP contribution in [0.2, 0.25) is 0 Å². The van der Waals surface area contributed by atoms with Crippen LogP contribution in [0.15, 0.2) is 18.2 Å². The van der Waals surface area contributed by atoms with Crippen molar-refractivity contribution >= 4 is 11.6 Å². The average Bonchev–Trinajstić information content (AvgIpc) is 2.48. The zero-order valence-electron chi connectivity index (χ0n) is 11.7. The number of fused-ring (bicyclic) bond motifs is 3. The van der Waals surface area contributed by atoms with Crippen molar-refractivity contribution in [2.75, 3.05) is 32.0 Å². The van der Waals surface area contributed by atoms with E-state index in [2.05, 4.69) is 15.5 Å². The molecule has 3 aliphatic rings. The van der Waals surface area contributed by atoms with Crippen LogP contribution in [0.1, 0.15) is 23.2 Å². The summed E-state index contributed by atoms with van der Waals surface area (Å²) in [6, 6.07) is 4.78. The van der Waals surface area contributed by atoms with Gasteiger partial charge >= 0.3 is 0 Å². The molecule has 108 valence electrons. The molecule has 1 aromatic rings. The van der Waals surface area contributed by atoms with Gasteiger partial charge in [0.05, 0.1) is 11.3 Å². The van der Waals surface area contributed by atoms with Gasteiger partial charge in [0.1, 0.15) is 5.82 Å². The number of amides is 1. The normalized spacial score (nSPS) is 28.2. The molecule has 4 rings (SSSR count). The Morgan fingerprint density at radius 1 is 1.35 bits per heavy atom. The molecule has 1 atom stereocenters. The van der Waals surface area contributed by atoms with Crippen LogP contribution in [-0.4, -0.2) is 43.5 Å². The summed E-state index contributed by atoms with van der Waals surface area (Å²) in [5, 5.41) is 5.85. The fraction of sp³-hybridized carbons (Fsp3) is 0.533. The molecule has 3 fully saturated rings. The second-order valence-corrected chi connectivity index (χ2v) is 5.63. The Morgan fingerprint density at radius 2 is 2.10 bits per heavy atom. The van der Waals surface area contributed by atoms with E-state index in [1.54, 1.807) is 19.2 Å². The second kappa shape index (κ2) is 5.40. The van der Waals surface area contributed by atoms with Gasteiger partial charge in [-0.25, -0.2) is 4.39 Å². The van der Waals surface area contributed by atoms with Crippen molar-refractivity contribution in [1.82, 2.24) is 10.2 Å². The van der Waals surface area contributed by atoms with Crippen molar-refractivity contribution in [3.05, 3.63) is 29.6 Å². The second-order valence-electron chi connectivity index (χ2n) is 5.63. The van der Waals surface area contributed by atoms with Crippen molar-refractivity contribution in [2.45, 2.75) is 18.9 Å². The molecule has 5 heteroatoms. The van der Waals surface area contributed by atoms with E-state index in [1.165, 1.54) is 6.07 Å². The lowest BCUT2D eigenvalue weighted by Crippen LogP contribution is -2.57. The third-order valence-corrected chi connectivity index (χ3v) is 4.48. The van der Waals surface area contributed by atoms with Gasteiger partial charge in [-0.05, 0) is 44.0 Å². The Morgan fingerprint density at radius 3 is 2.70 bits per heavy atom. The summed E-state index contributed by atoms with van der Waals surface area (Å²) in [4.78, 5) is 14.8. The minimum Gasteiger partial charge on any atom is -0.385 e. The summed E-state index contributed by atoms with van der Waals surface area (Å²) >= 11 is 0. The maximum absolute atomic E-state index is 13.7. The number of benzene rings is 1. The first-order valence-electron chi connectivity index (χ1n) is 7.18. The minimum absolute atomic E-state index is 0.187. The fourth-order valence-electron chi connectivity index (χ4n) is 3.34. The topological polar surface area (TPSA) is 44.4 Å². The third kappa shape index (κ3) is 2.38. The van der Waals surface area contributed by atoms with Crippen LogP contribution in [0.3, 0.4) is 0 Å². The van der Waals surface area contributed by atoms with Gasteiger partial charge in [-0.3, -0.25) is 4.79 Å². The number of hydrogen-bond acceptors (Lipinski definition) is 3. The first kappa shape index (κ1) is 13.4. The van der Waals surface area contributed by atoms with E-state index in [4.69, 9.17) is 0 Å². The standard InChI is InChI=1S/C15H20FN3O/c1-17-14-11(3-2-4-12(14)16)15(20)18-13-9-19-7-5-10(13)6-8-19/h2-4,10,13,17H,5-9H2,1H3,(H,18,20). The molecule has 2 bridgehead atoms. The van der Waals surface area contributed by atoms with Crippen LogP contribution < -0.4 is 10.6 Å². The smallest absolute Gasteiger partial charge is 0.253 e. The first-order valence-corrected chi connectivity index (χ1v) is 7.18. The molecule has 4 nitrogen and oxygen atoms in total. The van der Waals surface area contributed by atoms with Gasteiger partial charge in [0.25, 0.3) is 5.91 Å². The highest BCUT2D eigenvalue weighted by Crippen LogP contribution is 2.28. The number of rotatable bonds is 3. The average molecular weight is 277 g/mol. The minimum atomic E-state index is -0.394. The third-order valence-electron chi connectivity index (χ3n) is 4.48. The Bertz CT molecular complexity index is 512. The first-order chi connectivity index (χ1) is 9.69. The fourth-order valence-corrected chi connectivity index (χ4v) is 3.34. The molecule has 0 aliphatic carbocycles. The maximum Gasteiger partial charge on any atom is 0.253 e. The molecule has 3 aliphatic heterocycles. The van der Waals surface area contributed by atoms with Crippen molar-refractivity contribution in [2.24, 2.45) is 5.92 Å². The van der Waals surface area contributed by atoms with Crippen LogP contribution in [0.4, 0.5) is 10.1 Å². The molecular formula is C15H20FN3O. The predicted molar refractivity (Wildman–Crippen MR) is 76.4 cm³/mol. The van der Waals surface area contributed by atoms with Crippen LogP contribution in [0.25, 0.3) is 0 Å². The molecule has 2 N–H and O–H groups in total. The lowest BCUT2D eigenvalue weighted by Gasteiger charge is -2.44. The molecule has 0 radical (unpaired) electrons. The molecule has 0 spiro atoms. The maximum atomic E-state index is 13.7. The summed E-state index contributed by atoms with van der Waals surface area (Å²) in [6.07, 6.45) is 2.29. The molecule has 3 saturated heterocycles. The van der Waals surface area contributed by atoms with E-state index in [9.17, 15) is 9.18 Å².